The second kappa shape index (κ2) is 5.68. The van der Waals surface area contributed by atoms with Gasteiger partial charge in [0.25, 0.3) is 0 Å². The Morgan fingerprint density at radius 1 is 1.22 bits per heavy atom. The summed E-state index contributed by atoms with van der Waals surface area (Å²) in [4.78, 5) is 11.8. The minimum absolute atomic E-state index is 0.0646. The van der Waals surface area contributed by atoms with Gasteiger partial charge in [-0.05, 0) is 25.8 Å². The van der Waals surface area contributed by atoms with Crippen LogP contribution in [0.1, 0.15) is 20.3 Å². The number of halogens is 7. The fourth-order valence-corrected chi connectivity index (χ4v) is 2.09. The first-order chi connectivity index (χ1) is 10.2. The molecule has 1 aliphatic carbocycles. The molecule has 0 unspecified atom stereocenters. The van der Waals surface area contributed by atoms with Crippen LogP contribution in [0.2, 0.25) is 0 Å². The van der Waals surface area contributed by atoms with Crippen LogP contribution in [-0.2, 0) is 4.79 Å². The monoisotopic (exact) mass is 346 g/mol. The Morgan fingerprint density at radius 3 is 2.09 bits per heavy atom. The number of aliphatic hydroxyl groups excluding tert-OH is 1. The zero-order valence-electron chi connectivity index (χ0n) is 12.1. The second-order valence-electron chi connectivity index (χ2n) is 5.26. The van der Waals surface area contributed by atoms with Crippen LogP contribution in [-0.4, -0.2) is 28.9 Å². The summed E-state index contributed by atoms with van der Waals surface area (Å²) in [5, 5.41) is 9.75. The fourth-order valence-electron chi connectivity index (χ4n) is 2.09. The highest BCUT2D eigenvalue weighted by Gasteiger charge is 2.76. The first-order valence-corrected chi connectivity index (χ1v) is 6.29. The van der Waals surface area contributed by atoms with Crippen LogP contribution < -0.4 is 0 Å². The molecule has 1 aliphatic rings. The molecule has 0 fully saturated rings. The third kappa shape index (κ3) is 3.00. The van der Waals surface area contributed by atoms with Gasteiger partial charge in [-0.15, -0.1) is 0 Å². The van der Waals surface area contributed by atoms with Gasteiger partial charge < -0.3 is 5.11 Å². The number of allylic oxidation sites excluding steroid dienone is 4. The summed E-state index contributed by atoms with van der Waals surface area (Å²) < 4.78 is 89.8. The molecule has 0 amide bonds. The Balaban J connectivity index is 3.48. The Labute approximate surface area is 127 Å². The second-order valence-corrected chi connectivity index (χ2v) is 5.26. The normalized spacial score (nSPS) is 20.4. The largest absolute Gasteiger partial charge is 0.507 e. The maximum absolute atomic E-state index is 13.6. The number of hydrogen-bond acceptors (Lipinski definition) is 2. The van der Waals surface area contributed by atoms with E-state index < -0.39 is 41.1 Å². The summed E-state index contributed by atoms with van der Waals surface area (Å²) >= 11 is 0. The molecule has 0 saturated carbocycles. The van der Waals surface area contributed by atoms with Gasteiger partial charge in [-0.25, -0.2) is 0 Å². The van der Waals surface area contributed by atoms with Crippen molar-refractivity contribution in [2.24, 2.45) is 5.92 Å². The van der Waals surface area contributed by atoms with E-state index >= 15 is 0 Å². The first-order valence-electron chi connectivity index (χ1n) is 6.29. The topological polar surface area (TPSA) is 37.3 Å². The van der Waals surface area contributed by atoms with Crippen molar-refractivity contribution >= 4 is 5.78 Å². The van der Waals surface area contributed by atoms with Crippen molar-refractivity contribution in [1.29, 1.82) is 0 Å². The molecule has 23 heavy (non-hydrogen) atoms. The molecule has 0 saturated heterocycles. The minimum atomic E-state index is -6.62. The van der Waals surface area contributed by atoms with E-state index in [-0.39, 0.29) is 17.6 Å². The van der Waals surface area contributed by atoms with Crippen molar-refractivity contribution in [3.05, 3.63) is 35.1 Å². The lowest BCUT2D eigenvalue weighted by atomic mass is 9.79. The van der Waals surface area contributed by atoms with Crippen molar-refractivity contribution in [3.63, 3.8) is 0 Å². The number of ketones is 1. The molecule has 0 aliphatic heterocycles. The van der Waals surface area contributed by atoms with Crippen LogP contribution in [0.4, 0.5) is 30.7 Å². The molecule has 1 N–H and O–H groups in total. The highest BCUT2D eigenvalue weighted by atomic mass is 19.4. The average Bonchev–Trinajstić information content (AvgIpc) is 2.38. The van der Waals surface area contributed by atoms with Crippen LogP contribution in [0.5, 0.6) is 0 Å². The average molecular weight is 346 g/mol. The predicted octanol–water partition coefficient (Wildman–Crippen LogP) is 4.74. The van der Waals surface area contributed by atoms with Gasteiger partial charge in [0.2, 0.25) is 5.78 Å². The Morgan fingerprint density at radius 2 is 1.70 bits per heavy atom. The van der Waals surface area contributed by atoms with Crippen LogP contribution in [0.15, 0.2) is 35.1 Å². The molecule has 2 nitrogen and oxygen atoms in total. The standard InChI is InChI=1S/C14H13F7O2/c1-6(2)8-5-4-7(3)10(22)9(8)11(23)12(15,16)13(17,18)14(19,20)21/h4,8,22H,1,5H2,2-3H3/t8-/m0/s1. The van der Waals surface area contributed by atoms with Crippen molar-refractivity contribution in [3.8, 4) is 0 Å². The van der Waals surface area contributed by atoms with Crippen LogP contribution in [0.25, 0.3) is 0 Å². The van der Waals surface area contributed by atoms with Gasteiger partial charge in [-0.1, -0.05) is 18.2 Å². The minimum Gasteiger partial charge on any atom is -0.507 e. The van der Waals surface area contributed by atoms with Crippen molar-refractivity contribution in [2.45, 2.75) is 38.3 Å². The molecule has 0 aromatic heterocycles. The van der Waals surface area contributed by atoms with Crippen molar-refractivity contribution < 1.29 is 40.6 Å². The van der Waals surface area contributed by atoms with Crippen molar-refractivity contribution in [2.75, 3.05) is 0 Å². The SMILES string of the molecule is C=C(C)[C@@H]1CC=C(C)C(O)=C1C(=O)C(F)(F)C(F)(F)C(F)(F)F. The molecule has 0 aromatic carbocycles. The third-order valence-electron chi connectivity index (χ3n) is 3.51. The molecule has 0 spiro atoms. The molecule has 0 aromatic rings. The van der Waals surface area contributed by atoms with Gasteiger partial charge in [0.05, 0.1) is 5.57 Å². The maximum Gasteiger partial charge on any atom is 0.460 e. The molecule has 1 rings (SSSR count). The summed E-state index contributed by atoms with van der Waals surface area (Å²) in [7, 11) is 0. The number of Topliss-reactive ketones (excluding diaryl/α,β-unsaturated/α-hetero) is 1. The van der Waals surface area contributed by atoms with Gasteiger partial charge in [0.1, 0.15) is 5.76 Å². The number of alkyl halides is 7. The zero-order chi connectivity index (χ0) is 18.4. The summed E-state index contributed by atoms with van der Waals surface area (Å²) in [6.07, 6.45) is -5.41. The Kier molecular flexibility index (Phi) is 4.76. The number of rotatable bonds is 4. The van der Waals surface area contributed by atoms with E-state index in [0.29, 0.717) is 0 Å². The highest BCUT2D eigenvalue weighted by molar-refractivity contribution is 6.03. The molecule has 0 heterocycles. The van der Waals surface area contributed by atoms with Gasteiger partial charge in [-0.3, -0.25) is 4.79 Å². The number of aliphatic hydroxyl groups is 1. The van der Waals surface area contributed by atoms with E-state index in [1.807, 2.05) is 0 Å². The lowest BCUT2D eigenvalue weighted by Gasteiger charge is -2.31. The van der Waals surface area contributed by atoms with Crippen LogP contribution in [0, 0.1) is 5.92 Å². The van der Waals surface area contributed by atoms with Crippen LogP contribution >= 0.6 is 0 Å². The maximum atomic E-state index is 13.6. The molecule has 9 heteroatoms. The van der Waals surface area contributed by atoms with Gasteiger partial charge in [-0.2, -0.15) is 30.7 Å². The number of carbonyl (C=O) groups excluding carboxylic acids is 1. The van der Waals surface area contributed by atoms with E-state index in [0.717, 1.165) is 0 Å². The predicted molar refractivity (Wildman–Crippen MR) is 67.3 cm³/mol. The molecular weight excluding hydrogens is 333 g/mol. The van der Waals surface area contributed by atoms with Gasteiger partial charge in [0.15, 0.2) is 0 Å². The fraction of sp³-hybridized carbons (Fsp3) is 0.500. The summed E-state index contributed by atoms with van der Waals surface area (Å²) in [5.41, 5.74) is -1.20. The lowest BCUT2D eigenvalue weighted by Crippen LogP contribution is -2.57. The van der Waals surface area contributed by atoms with Crippen LogP contribution in [0.3, 0.4) is 0 Å². The summed E-state index contributed by atoms with van der Waals surface area (Å²) in [5.74, 6) is -17.7. The van der Waals surface area contributed by atoms with E-state index in [1.54, 1.807) is 0 Å². The van der Waals surface area contributed by atoms with Gasteiger partial charge >= 0.3 is 18.0 Å². The van der Waals surface area contributed by atoms with Gasteiger partial charge in [0, 0.05) is 5.92 Å². The molecule has 0 bridgehead atoms. The Hall–Kier alpha value is -1.80. The van der Waals surface area contributed by atoms with Crippen molar-refractivity contribution in [1.82, 2.24) is 0 Å². The Bertz CT molecular complexity index is 597. The smallest absolute Gasteiger partial charge is 0.460 e. The van der Waals surface area contributed by atoms with E-state index in [1.165, 1.54) is 19.9 Å². The zero-order valence-corrected chi connectivity index (χ0v) is 12.1. The molecular formula is C14H13F7O2. The van der Waals surface area contributed by atoms with E-state index in [2.05, 4.69) is 6.58 Å². The molecule has 1 atom stereocenters. The molecule has 130 valence electrons. The first kappa shape index (κ1) is 19.2. The highest BCUT2D eigenvalue weighted by Crippen LogP contribution is 2.49. The van der Waals surface area contributed by atoms with E-state index in [4.69, 9.17) is 0 Å². The third-order valence-corrected chi connectivity index (χ3v) is 3.51. The number of hydrogen-bond donors (Lipinski definition) is 1. The quantitative estimate of drug-likeness (QED) is 0.590. The van der Waals surface area contributed by atoms with E-state index in [9.17, 15) is 40.6 Å². The molecule has 0 radical (unpaired) electrons. The lowest BCUT2D eigenvalue weighted by molar-refractivity contribution is -0.342. The summed E-state index contributed by atoms with van der Waals surface area (Å²) in [6.45, 7) is 5.87. The summed E-state index contributed by atoms with van der Waals surface area (Å²) in [6, 6.07) is 0. The number of carbonyl (C=O) groups is 1.